The van der Waals surface area contributed by atoms with Crippen LogP contribution in [-0.4, -0.2) is 28.0 Å². The number of ether oxygens (including phenoxy) is 1. The van der Waals surface area contributed by atoms with Gasteiger partial charge < -0.3 is 10.5 Å². The van der Waals surface area contributed by atoms with Gasteiger partial charge in [0.1, 0.15) is 5.60 Å². The largest absolute Gasteiger partial charge is 0.444 e. The Morgan fingerprint density at radius 1 is 1.17 bits per heavy atom. The third-order valence-electron chi connectivity index (χ3n) is 4.20. The zero-order chi connectivity index (χ0) is 20.9. The summed E-state index contributed by atoms with van der Waals surface area (Å²) in [4.78, 5) is 14.0. The van der Waals surface area contributed by atoms with Gasteiger partial charge in [0.05, 0.1) is 6.21 Å². The van der Waals surface area contributed by atoms with Crippen LogP contribution >= 0.6 is 11.8 Å². The molecule has 3 rings (SSSR count). The summed E-state index contributed by atoms with van der Waals surface area (Å²) in [6, 6.07) is 16.1. The van der Waals surface area contributed by atoms with Crippen LogP contribution in [0.2, 0.25) is 0 Å². The fourth-order valence-corrected chi connectivity index (χ4v) is 3.48. The second kappa shape index (κ2) is 9.13. The minimum absolute atomic E-state index is 0.295. The molecule has 0 saturated carbocycles. The van der Waals surface area contributed by atoms with E-state index >= 15 is 0 Å². The van der Waals surface area contributed by atoms with Crippen LogP contribution in [-0.2, 0) is 23.6 Å². The van der Waals surface area contributed by atoms with Crippen LogP contribution in [0.15, 0.2) is 58.7 Å². The summed E-state index contributed by atoms with van der Waals surface area (Å²) in [6.07, 6.45) is 1.38. The van der Waals surface area contributed by atoms with E-state index in [0.717, 1.165) is 22.4 Å². The lowest BCUT2D eigenvalue weighted by molar-refractivity contribution is 0.0242. The monoisotopic (exact) mass is 410 g/mol. The second-order valence-electron chi connectivity index (χ2n) is 7.82. The third kappa shape index (κ3) is 6.35. The van der Waals surface area contributed by atoms with Crippen molar-refractivity contribution < 1.29 is 9.53 Å². The SMILES string of the molecule is CC(C)(C)OC(=O)N1Cc2ccc(C=NN=C(N)SCc3ccccc3)cc2C1. The number of nitrogens with two attached hydrogens (primary N) is 1. The highest BCUT2D eigenvalue weighted by Gasteiger charge is 2.27. The minimum Gasteiger partial charge on any atom is -0.444 e. The summed E-state index contributed by atoms with van der Waals surface area (Å²) in [7, 11) is 0. The molecule has 0 spiro atoms. The van der Waals surface area contributed by atoms with Crippen LogP contribution in [0.4, 0.5) is 4.79 Å². The molecule has 0 saturated heterocycles. The number of hydrogen-bond acceptors (Lipinski definition) is 5. The van der Waals surface area contributed by atoms with Crippen molar-refractivity contribution in [3.63, 3.8) is 0 Å². The number of fused-ring (bicyclic) bond motifs is 1. The number of amides is 1. The molecule has 7 heteroatoms. The summed E-state index contributed by atoms with van der Waals surface area (Å²) in [5, 5.41) is 8.57. The van der Waals surface area contributed by atoms with Crippen LogP contribution in [0.1, 0.15) is 43.0 Å². The molecule has 1 aliphatic heterocycles. The van der Waals surface area contributed by atoms with E-state index < -0.39 is 5.60 Å². The van der Waals surface area contributed by atoms with E-state index in [1.807, 2.05) is 57.2 Å². The van der Waals surface area contributed by atoms with Crippen molar-refractivity contribution in [3.05, 3.63) is 70.8 Å². The van der Waals surface area contributed by atoms with Crippen LogP contribution < -0.4 is 5.73 Å². The average molecular weight is 411 g/mol. The van der Waals surface area contributed by atoms with Crippen LogP contribution in [0.3, 0.4) is 0 Å². The first-order chi connectivity index (χ1) is 13.8. The molecule has 29 heavy (non-hydrogen) atoms. The highest BCUT2D eigenvalue weighted by atomic mass is 32.2. The van der Waals surface area contributed by atoms with E-state index in [-0.39, 0.29) is 6.09 Å². The van der Waals surface area contributed by atoms with Crippen LogP contribution in [0, 0.1) is 0 Å². The predicted octanol–water partition coefficient (Wildman–Crippen LogP) is 4.52. The second-order valence-corrected chi connectivity index (χ2v) is 8.82. The maximum atomic E-state index is 12.3. The molecule has 2 N–H and O–H groups in total. The fraction of sp³-hybridized carbons (Fsp3) is 0.318. The molecule has 0 aliphatic carbocycles. The molecular formula is C22H26N4O2S. The maximum absolute atomic E-state index is 12.3. The number of benzene rings is 2. The average Bonchev–Trinajstić information content (AvgIpc) is 3.09. The molecule has 0 aromatic heterocycles. The predicted molar refractivity (Wildman–Crippen MR) is 119 cm³/mol. The lowest BCUT2D eigenvalue weighted by atomic mass is 10.1. The van der Waals surface area contributed by atoms with E-state index in [1.54, 1.807) is 11.1 Å². The van der Waals surface area contributed by atoms with Gasteiger partial charge in [0.25, 0.3) is 0 Å². The molecule has 1 amide bonds. The van der Waals surface area contributed by atoms with E-state index in [1.165, 1.54) is 17.3 Å². The molecule has 0 atom stereocenters. The first-order valence-corrected chi connectivity index (χ1v) is 10.4. The smallest absolute Gasteiger partial charge is 0.410 e. The van der Waals surface area contributed by atoms with E-state index in [0.29, 0.717) is 18.3 Å². The summed E-state index contributed by atoms with van der Waals surface area (Å²) < 4.78 is 5.46. The van der Waals surface area contributed by atoms with Crippen molar-refractivity contribution in [2.45, 2.75) is 45.2 Å². The highest BCUT2D eigenvalue weighted by molar-refractivity contribution is 8.13. The van der Waals surface area contributed by atoms with Gasteiger partial charge in [-0.15, -0.1) is 5.10 Å². The number of amidine groups is 1. The van der Waals surface area contributed by atoms with E-state index in [4.69, 9.17) is 10.5 Å². The van der Waals surface area contributed by atoms with Gasteiger partial charge in [0.15, 0.2) is 5.17 Å². The lowest BCUT2D eigenvalue weighted by Gasteiger charge is -2.24. The molecule has 0 unspecified atom stereocenters. The number of carbonyl (C=O) groups excluding carboxylic acids is 1. The first-order valence-electron chi connectivity index (χ1n) is 9.43. The normalized spacial score (nSPS) is 14.3. The molecule has 0 fully saturated rings. The summed E-state index contributed by atoms with van der Waals surface area (Å²) >= 11 is 1.45. The van der Waals surface area contributed by atoms with Crippen LogP contribution in [0.25, 0.3) is 0 Å². The molecular weight excluding hydrogens is 384 g/mol. The zero-order valence-electron chi connectivity index (χ0n) is 17.0. The minimum atomic E-state index is -0.500. The number of thioether (sulfide) groups is 1. The summed E-state index contributed by atoms with van der Waals surface area (Å²) in [5.41, 5.74) is 9.74. The van der Waals surface area contributed by atoms with Crippen molar-refractivity contribution >= 4 is 29.2 Å². The molecule has 1 heterocycles. The number of hydrogen-bond donors (Lipinski definition) is 1. The Labute approximate surface area is 175 Å². The van der Waals surface area contributed by atoms with Gasteiger partial charge in [-0.25, -0.2) is 4.79 Å². The lowest BCUT2D eigenvalue weighted by Crippen LogP contribution is -2.33. The topological polar surface area (TPSA) is 80.3 Å². The van der Waals surface area contributed by atoms with Crippen molar-refractivity contribution in [2.24, 2.45) is 15.9 Å². The zero-order valence-corrected chi connectivity index (χ0v) is 17.8. The van der Waals surface area contributed by atoms with Gasteiger partial charge in [-0.2, -0.15) is 5.10 Å². The van der Waals surface area contributed by atoms with Crippen molar-refractivity contribution in [1.82, 2.24) is 4.90 Å². The van der Waals surface area contributed by atoms with Gasteiger partial charge in [-0.1, -0.05) is 54.2 Å². The van der Waals surface area contributed by atoms with Crippen molar-refractivity contribution in [1.29, 1.82) is 0 Å². The first kappa shape index (κ1) is 20.9. The van der Waals surface area contributed by atoms with Gasteiger partial charge >= 0.3 is 6.09 Å². The molecule has 6 nitrogen and oxygen atoms in total. The Balaban J connectivity index is 1.56. The van der Waals surface area contributed by atoms with Gasteiger partial charge in [-0.3, -0.25) is 4.90 Å². The summed E-state index contributed by atoms with van der Waals surface area (Å²) in [5.74, 6) is 0.755. The standard InChI is InChI=1S/C22H26N4O2S/c1-22(2,3)28-21(27)26-13-18-10-9-17(11-19(18)14-26)12-24-25-20(23)29-15-16-7-5-4-6-8-16/h4-12H,13-15H2,1-3H3,(H2,23,25). The maximum Gasteiger partial charge on any atom is 0.410 e. The summed E-state index contributed by atoms with van der Waals surface area (Å²) in [6.45, 7) is 6.69. The van der Waals surface area contributed by atoms with Crippen LogP contribution in [0.5, 0.6) is 0 Å². The van der Waals surface area contributed by atoms with Gasteiger partial charge in [0.2, 0.25) is 0 Å². The fourth-order valence-electron chi connectivity index (χ4n) is 2.86. The van der Waals surface area contributed by atoms with Crippen molar-refractivity contribution in [3.8, 4) is 0 Å². The molecule has 152 valence electrons. The number of nitrogens with zero attached hydrogens (tertiary/aromatic N) is 3. The molecule has 0 bridgehead atoms. The molecule has 2 aromatic rings. The molecule has 1 aliphatic rings. The van der Waals surface area contributed by atoms with Crippen molar-refractivity contribution in [2.75, 3.05) is 0 Å². The number of rotatable bonds is 4. The Hall–Kier alpha value is -2.80. The molecule has 0 radical (unpaired) electrons. The Bertz CT molecular complexity index is 920. The van der Waals surface area contributed by atoms with E-state index in [9.17, 15) is 4.79 Å². The quantitative estimate of drug-likeness (QED) is 0.456. The highest BCUT2D eigenvalue weighted by Crippen LogP contribution is 2.25. The van der Waals surface area contributed by atoms with Gasteiger partial charge in [-0.05, 0) is 49.1 Å². The number of carbonyl (C=O) groups is 1. The van der Waals surface area contributed by atoms with E-state index in [2.05, 4.69) is 22.3 Å². The third-order valence-corrected chi connectivity index (χ3v) is 5.05. The Morgan fingerprint density at radius 2 is 1.90 bits per heavy atom. The van der Waals surface area contributed by atoms with Gasteiger partial charge in [0, 0.05) is 18.8 Å². The molecule has 2 aromatic carbocycles. The Kier molecular flexibility index (Phi) is 6.59. The Morgan fingerprint density at radius 3 is 2.62 bits per heavy atom.